The molecule has 1 atom stereocenters. The van der Waals surface area contributed by atoms with Crippen LogP contribution in [0.4, 0.5) is 0 Å². The highest BCUT2D eigenvalue weighted by molar-refractivity contribution is 5.22. The number of benzene rings is 1. The summed E-state index contributed by atoms with van der Waals surface area (Å²) >= 11 is 0. The summed E-state index contributed by atoms with van der Waals surface area (Å²) < 4.78 is 0. The summed E-state index contributed by atoms with van der Waals surface area (Å²) in [6.07, 6.45) is 5.93. The van der Waals surface area contributed by atoms with E-state index in [-0.39, 0.29) is 6.17 Å². The monoisotopic (exact) mass is 172 g/mol. The molecule has 1 heterocycles. The molecule has 2 heteroatoms. The number of nitrogens with one attached hydrogen (secondary N) is 1. The molecule has 1 aromatic rings. The molecule has 1 unspecified atom stereocenters. The molecular formula is C11H12N2. The maximum absolute atomic E-state index is 3.75. The van der Waals surface area contributed by atoms with Crippen molar-refractivity contribution in [2.45, 2.75) is 6.17 Å². The van der Waals surface area contributed by atoms with Gasteiger partial charge >= 0.3 is 0 Å². The van der Waals surface area contributed by atoms with Gasteiger partial charge in [-0.1, -0.05) is 36.9 Å². The summed E-state index contributed by atoms with van der Waals surface area (Å²) in [5.41, 5.74) is 1.24. The average Bonchev–Trinajstić information content (AvgIpc) is 2.67. The zero-order valence-corrected chi connectivity index (χ0v) is 7.35. The van der Waals surface area contributed by atoms with Crippen molar-refractivity contribution < 1.29 is 0 Å². The molecule has 2 rings (SSSR count). The van der Waals surface area contributed by atoms with E-state index >= 15 is 0 Å². The van der Waals surface area contributed by atoms with Crippen LogP contribution in [0, 0.1) is 0 Å². The molecule has 0 fully saturated rings. The van der Waals surface area contributed by atoms with Gasteiger partial charge in [0, 0.05) is 12.4 Å². The zero-order valence-electron chi connectivity index (χ0n) is 7.35. The molecule has 0 bridgehead atoms. The van der Waals surface area contributed by atoms with Crippen molar-refractivity contribution in [3.8, 4) is 0 Å². The lowest BCUT2D eigenvalue weighted by atomic mass is 10.2. The van der Waals surface area contributed by atoms with Gasteiger partial charge < -0.3 is 10.2 Å². The molecule has 1 N–H and O–H groups in total. The minimum Gasteiger partial charge on any atom is -0.366 e. The van der Waals surface area contributed by atoms with Crippen LogP contribution in [0.15, 0.2) is 55.5 Å². The fraction of sp³-hybridized carbons (Fsp3) is 0.0909. The molecule has 13 heavy (non-hydrogen) atoms. The first-order chi connectivity index (χ1) is 6.42. The minimum atomic E-state index is 0.207. The molecule has 66 valence electrons. The summed E-state index contributed by atoms with van der Waals surface area (Å²) in [6, 6.07) is 10.3. The van der Waals surface area contributed by atoms with Crippen LogP contribution in [0.25, 0.3) is 0 Å². The highest BCUT2D eigenvalue weighted by Crippen LogP contribution is 2.21. The molecule has 0 amide bonds. The molecule has 0 aliphatic carbocycles. The molecule has 2 nitrogen and oxygen atoms in total. The predicted molar refractivity (Wildman–Crippen MR) is 53.5 cm³/mol. The van der Waals surface area contributed by atoms with Crippen LogP contribution in [0.3, 0.4) is 0 Å². The number of rotatable bonds is 2. The molecule has 1 aliphatic heterocycles. The van der Waals surface area contributed by atoms with Gasteiger partial charge in [-0.05, 0) is 11.8 Å². The van der Waals surface area contributed by atoms with E-state index in [0.29, 0.717) is 0 Å². The van der Waals surface area contributed by atoms with E-state index < -0.39 is 0 Å². The Hall–Kier alpha value is -1.70. The van der Waals surface area contributed by atoms with Crippen LogP contribution in [-0.2, 0) is 0 Å². The normalized spacial score (nSPS) is 20.0. The zero-order chi connectivity index (χ0) is 9.10. The van der Waals surface area contributed by atoms with E-state index in [1.807, 2.05) is 41.7 Å². The van der Waals surface area contributed by atoms with Crippen molar-refractivity contribution in [3.05, 3.63) is 61.1 Å². The highest BCUT2D eigenvalue weighted by atomic mass is 15.3. The summed E-state index contributed by atoms with van der Waals surface area (Å²) in [6.45, 7) is 3.75. The SMILES string of the molecule is C=CN1C=CNC1c1ccccc1. The maximum atomic E-state index is 3.75. The quantitative estimate of drug-likeness (QED) is 0.735. The van der Waals surface area contributed by atoms with Gasteiger partial charge in [-0.25, -0.2) is 0 Å². The van der Waals surface area contributed by atoms with Gasteiger partial charge in [-0.3, -0.25) is 0 Å². The summed E-state index contributed by atoms with van der Waals surface area (Å²) in [5, 5.41) is 3.25. The maximum Gasteiger partial charge on any atom is 0.129 e. The lowest BCUT2D eigenvalue weighted by molar-refractivity contribution is 0.377. The van der Waals surface area contributed by atoms with E-state index in [1.165, 1.54) is 5.56 Å². The first-order valence-corrected chi connectivity index (χ1v) is 4.29. The van der Waals surface area contributed by atoms with Crippen molar-refractivity contribution in [1.29, 1.82) is 0 Å². The van der Waals surface area contributed by atoms with E-state index in [4.69, 9.17) is 0 Å². The smallest absolute Gasteiger partial charge is 0.129 e. The molecule has 0 saturated heterocycles. The summed E-state index contributed by atoms with van der Waals surface area (Å²) in [4.78, 5) is 2.04. The van der Waals surface area contributed by atoms with E-state index in [0.717, 1.165) is 0 Å². The Morgan fingerprint density at radius 3 is 2.77 bits per heavy atom. The van der Waals surface area contributed by atoms with Crippen molar-refractivity contribution in [2.24, 2.45) is 0 Å². The van der Waals surface area contributed by atoms with Gasteiger partial charge in [0.2, 0.25) is 0 Å². The number of nitrogens with zero attached hydrogens (tertiary/aromatic N) is 1. The molecule has 1 aromatic carbocycles. The Morgan fingerprint density at radius 2 is 2.08 bits per heavy atom. The Balaban J connectivity index is 2.23. The van der Waals surface area contributed by atoms with Crippen LogP contribution in [0.2, 0.25) is 0 Å². The molecular weight excluding hydrogens is 160 g/mol. The van der Waals surface area contributed by atoms with Crippen LogP contribution < -0.4 is 5.32 Å². The van der Waals surface area contributed by atoms with Gasteiger partial charge in [0.15, 0.2) is 0 Å². The summed E-state index contributed by atoms with van der Waals surface area (Å²) in [7, 11) is 0. The Bertz CT molecular complexity index is 316. The third-order valence-electron chi connectivity index (χ3n) is 2.13. The van der Waals surface area contributed by atoms with Gasteiger partial charge in [0.1, 0.15) is 6.17 Å². The third-order valence-corrected chi connectivity index (χ3v) is 2.13. The van der Waals surface area contributed by atoms with Crippen molar-refractivity contribution in [1.82, 2.24) is 10.2 Å². The fourth-order valence-electron chi connectivity index (χ4n) is 1.46. The van der Waals surface area contributed by atoms with Gasteiger partial charge in [-0.2, -0.15) is 0 Å². The average molecular weight is 172 g/mol. The highest BCUT2D eigenvalue weighted by Gasteiger charge is 2.16. The standard InChI is InChI=1S/C11H12N2/c1-2-13-9-8-12-11(13)10-6-4-3-5-7-10/h2-9,11-12H,1H2. The fourth-order valence-corrected chi connectivity index (χ4v) is 1.46. The van der Waals surface area contributed by atoms with Gasteiger partial charge in [-0.15, -0.1) is 0 Å². The Kier molecular flexibility index (Phi) is 2.04. The lowest BCUT2D eigenvalue weighted by Crippen LogP contribution is -2.22. The predicted octanol–water partition coefficient (Wildman–Crippen LogP) is 2.21. The van der Waals surface area contributed by atoms with Crippen LogP contribution >= 0.6 is 0 Å². The number of hydrogen-bond acceptors (Lipinski definition) is 2. The second kappa shape index (κ2) is 3.35. The van der Waals surface area contributed by atoms with E-state index in [2.05, 4.69) is 24.0 Å². The molecule has 0 spiro atoms. The largest absolute Gasteiger partial charge is 0.366 e. The summed E-state index contributed by atoms with van der Waals surface area (Å²) in [5.74, 6) is 0. The topological polar surface area (TPSA) is 15.3 Å². The molecule has 0 aromatic heterocycles. The molecule has 1 aliphatic rings. The van der Waals surface area contributed by atoms with Crippen LogP contribution in [0.5, 0.6) is 0 Å². The third kappa shape index (κ3) is 1.43. The number of hydrogen-bond donors (Lipinski definition) is 1. The molecule has 0 radical (unpaired) electrons. The van der Waals surface area contributed by atoms with Crippen molar-refractivity contribution >= 4 is 0 Å². The van der Waals surface area contributed by atoms with E-state index in [1.54, 1.807) is 0 Å². The van der Waals surface area contributed by atoms with Gasteiger partial charge in [0.05, 0.1) is 0 Å². The van der Waals surface area contributed by atoms with Crippen LogP contribution in [-0.4, -0.2) is 4.90 Å². The second-order valence-electron chi connectivity index (χ2n) is 2.93. The minimum absolute atomic E-state index is 0.207. The first-order valence-electron chi connectivity index (χ1n) is 4.29. The van der Waals surface area contributed by atoms with Gasteiger partial charge in [0.25, 0.3) is 0 Å². The first kappa shape index (κ1) is 7.92. The van der Waals surface area contributed by atoms with Crippen LogP contribution in [0.1, 0.15) is 11.7 Å². The van der Waals surface area contributed by atoms with Crippen molar-refractivity contribution in [2.75, 3.05) is 0 Å². The van der Waals surface area contributed by atoms with E-state index in [9.17, 15) is 0 Å². The molecule has 0 saturated carbocycles. The lowest BCUT2D eigenvalue weighted by Gasteiger charge is -2.21. The Morgan fingerprint density at radius 1 is 1.31 bits per heavy atom. The Labute approximate surface area is 78.2 Å². The second-order valence-corrected chi connectivity index (χ2v) is 2.93. The van der Waals surface area contributed by atoms with Crippen molar-refractivity contribution in [3.63, 3.8) is 0 Å².